The molecule has 0 aliphatic carbocycles. The second kappa shape index (κ2) is 7.27. The van der Waals surface area contributed by atoms with E-state index in [4.69, 9.17) is 15.3 Å². The third-order valence-corrected chi connectivity index (χ3v) is 2.73. The van der Waals surface area contributed by atoms with E-state index in [2.05, 4.69) is 10.5 Å². The topological polar surface area (TPSA) is 81.2 Å². The summed E-state index contributed by atoms with van der Waals surface area (Å²) in [4.78, 5) is 0. The third kappa shape index (κ3) is 3.64. The summed E-state index contributed by atoms with van der Waals surface area (Å²) in [7, 11) is 0. The van der Waals surface area contributed by atoms with E-state index in [-0.39, 0.29) is 11.4 Å². The number of nitriles is 2. The van der Waals surface area contributed by atoms with Crippen molar-refractivity contribution in [2.45, 2.75) is 0 Å². The number of nitrogens with one attached hydrogen (secondary N) is 1. The van der Waals surface area contributed by atoms with E-state index in [0.29, 0.717) is 0 Å². The number of rotatable bonds is 4. The summed E-state index contributed by atoms with van der Waals surface area (Å²) in [5.41, 5.74) is 1.94. The molecule has 0 heterocycles. The Morgan fingerprint density at radius 2 is 1.48 bits per heavy atom. The van der Waals surface area contributed by atoms with Crippen LogP contribution in [0.2, 0.25) is 0 Å². The average molecular weight is 352 g/mol. The van der Waals surface area contributed by atoms with Gasteiger partial charge in [0, 0.05) is 6.07 Å². The molecular weight excluding hydrogens is 347 g/mol. The first-order chi connectivity index (χ1) is 11.9. The van der Waals surface area contributed by atoms with E-state index in [0.717, 1.165) is 6.07 Å². The first-order valence-electron chi connectivity index (χ1n) is 6.32. The average Bonchev–Trinajstić information content (AvgIpc) is 2.63. The van der Waals surface area contributed by atoms with Crippen molar-refractivity contribution < 1.29 is 26.7 Å². The molecule has 0 aliphatic heterocycles. The number of hydrogen-bond donors (Lipinski definition) is 1. The number of halogens is 5. The van der Waals surface area contributed by atoms with E-state index in [9.17, 15) is 22.0 Å². The molecule has 0 bridgehead atoms. The molecule has 0 atom stereocenters. The van der Waals surface area contributed by atoms with Gasteiger partial charge in [0.25, 0.3) is 0 Å². The highest BCUT2D eigenvalue weighted by molar-refractivity contribution is 6.10. The van der Waals surface area contributed by atoms with Crippen LogP contribution in [-0.2, 0) is 0 Å². The van der Waals surface area contributed by atoms with Crippen LogP contribution in [0.15, 0.2) is 29.4 Å². The van der Waals surface area contributed by atoms with Crippen molar-refractivity contribution in [3.8, 4) is 23.6 Å². The molecule has 0 aromatic heterocycles. The lowest BCUT2D eigenvalue weighted by molar-refractivity contribution is 0.332. The normalized spacial score (nSPS) is 9.72. The first kappa shape index (κ1) is 17.7. The van der Waals surface area contributed by atoms with Crippen LogP contribution in [0.25, 0.3) is 0 Å². The quantitative estimate of drug-likeness (QED) is 0.297. The molecule has 25 heavy (non-hydrogen) atoms. The molecule has 2 aromatic rings. The molecule has 0 unspecified atom stereocenters. The van der Waals surface area contributed by atoms with Crippen molar-refractivity contribution in [1.82, 2.24) is 0 Å². The molecule has 0 amide bonds. The van der Waals surface area contributed by atoms with Crippen molar-refractivity contribution in [2.24, 2.45) is 5.10 Å². The minimum absolute atomic E-state index is 0.129. The summed E-state index contributed by atoms with van der Waals surface area (Å²) in [6.45, 7) is 0. The summed E-state index contributed by atoms with van der Waals surface area (Å²) in [5, 5.41) is 20.5. The van der Waals surface area contributed by atoms with Crippen LogP contribution in [-0.4, -0.2) is 5.71 Å². The van der Waals surface area contributed by atoms with E-state index >= 15 is 0 Å². The van der Waals surface area contributed by atoms with Gasteiger partial charge in [0.1, 0.15) is 17.9 Å². The minimum Gasteiger partial charge on any atom is -0.451 e. The van der Waals surface area contributed by atoms with Gasteiger partial charge in [0.15, 0.2) is 0 Å². The maximum absolute atomic E-state index is 13.6. The highest BCUT2D eigenvalue weighted by atomic mass is 19.2. The molecule has 2 aromatic carbocycles. The summed E-state index contributed by atoms with van der Waals surface area (Å²) >= 11 is 0. The van der Waals surface area contributed by atoms with Crippen LogP contribution < -0.4 is 10.2 Å². The first-order valence-corrected chi connectivity index (χ1v) is 6.32. The van der Waals surface area contributed by atoms with Crippen LogP contribution in [0.4, 0.5) is 27.6 Å². The van der Waals surface area contributed by atoms with Gasteiger partial charge in [-0.1, -0.05) is 6.07 Å². The predicted octanol–water partition coefficient (Wildman–Crippen LogP) is 3.99. The second-order valence-corrected chi connectivity index (χ2v) is 4.32. The van der Waals surface area contributed by atoms with E-state index in [1.807, 2.05) is 0 Å². The number of benzene rings is 2. The molecule has 5 nitrogen and oxygen atoms in total. The number of hydrogen-bond acceptors (Lipinski definition) is 5. The standard InChI is InChI=1S/C15H5F5N4O/c16-10-11(17)13(19)15(14(20)12(10)18)25-9-3-1-2-7(4-9)23-24-8(5-21)6-22/h1-4,23H. The Balaban J connectivity index is 2.35. The van der Waals surface area contributed by atoms with Crippen molar-refractivity contribution in [3.63, 3.8) is 0 Å². The molecule has 1 N–H and O–H groups in total. The van der Waals surface area contributed by atoms with Crippen LogP contribution in [0, 0.1) is 51.7 Å². The van der Waals surface area contributed by atoms with E-state index in [1.165, 1.54) is 30.3 Å². The number of ether oxygens (including phenoxy) is 1. The Labute approximate surface area is 137 Å². The Bertz CT molecular complexity index is 901. The molecule has 0 aliphatic rings. The van der Waals surface area contributed by atoms with Gasteiger partial charge in [-0.15, -0.1) is 0 Å². The lowest BCUT2D eigenvalue weighted by Gasteiger charge is -2.10. The van der Waals surface area contributed by atoms with Crippen molar-refractivity contribution in [1.29, 1.82) is 10.5 Å². The minimum atomic E-state index is -2.30. The van der Waals surface area contributed by atoms with Crippen LogP contribution in [0.1, 0.15) is 0 Å². The zero-order valence-electron chi connectivity index (χ0n) is 11.9. The molecular formula is C15H5F5N4O. The van der Waals surface area contributed by atoms with Crippen molar-refractivity contribution in [3.05, 3.63) is 53.4 Å². The molecule has 0 fully saturated rings. The summed E-state index contributed by atoms with van der Waals surface area (Å²) < 4.78 is 71.2. The predicted molar refractivity (Wildman–Crippen MR) is 75.0 cm³/mol. The van der Waals surface area contributed by atoms with E-state index in [1.54, 1.807) is 0 Å². The van der Waals surface area contributed by atoms with Gasteiger partial charge in [0.2, 0.25) is 40.5 Å². The van der Waals surface area contributed by atoms with Gasteiger partial charge in [0.05, 0.1) is 5.69 Å². The van der Waals surface area contributed by atoms with Gasteiger partial charge < -0.3 is 4.74 Å². The summed E-state index contributed by atoms with van der Waals surface area (Å²) in [5.74, 6) is -12.6. The fourth-order valence-electron chi connectivity index (χ4n) is 1.62. The maximum Gasteiger partial charge on any atom is 0.237 e. The Hall–Kier alpha value is -3.66. The highest BCUT2D eigenvalue weighted by Crippen LogP contribution is 2.33. The maximum atomic E-state index is 13.6. The SMILES string of the molecule is N#CC(C#N)=NNc1cccc(Oc2c(F)c(F)c(F)c(F)c2F)c1. The van der Waals surface area contributed by atoms with Gasteiger partial charge in [-0.25, -0.2) is 13.2 Å². The monoisotopic (exact) mass is 352 g/mol. The van der Waals surface area contributed by atoms with Crippen LogP contribution in [0.3, 0.4) is 0 Å². The highest BCUT2D eigenvalue weighted by Gasteiger charge is 2.27. The molecule has 126 valence electrons. The molecule has 0 radical (unpaired) electrons. The zero-order chi connectivity index (χ0) is 18.6. The van der Waals surface area contributed by atoms with Crippen LogP contribution >= 0.6 is 0 Å². The van der Waals surface area contributed by atoms with Gasteiger partial charge in [-0.05, 0) is 12.1 Å². The Kier molecular flexibility index (Phi) is 5.15. The Morgan fingerprint density at radius 1 is 0.920 bits per heavy atom. The van der Waals surface area contributed by atoms with Crippen molar-refractivity contribution >= 4 is 11.4 Å². The molecule has 0 saturated heterocycles. The lowest BCUT2D eigenvalue weighted by atomic mass is 10.2. The number of nitrogens with zero attached hydrogens (tertiary/aromatic N) is 3. The van der Waals surface area contributed by atoms with Crippen molar-refractivity contribution in [2.75, 3.05) is 5.43 Å². The third-order valence-electron chi connectivity index (χ3n) is 2.73. The molecule has 0 spiro atoms. The van der Waals surface area contributed by atoms with Gasteiger partial charge in [-0.2, -0.15) is 24.4 Å². The molecule has 2 rings (SSSR count). The zero-order valence-corrected chi connectivity index (χ0v) is 11.9. The molecule has 10 heteroatoms. The number of anilines is 1. The van der Waals surface area contributed by atoms with Gasteiger partial charge in [-0.3, -0.25) is 5.43 Å². The smallest absolute Gasteiger partial charge is 0.237 e. The largest absolute Gasteiger partial charge is 0.451 e. The van der Waals surface area contributed by atoms with Crippen LogP contribution in [0.5, 0.6) is 11.5 Å². The fourth-order valence-corrected chi connectivity index (χ4v) is 1.62. The van der Waals surface area contributed by atoms with Gasteiger partial charge >= 0.3 is 0 Å². The molecule has 0 saturated carbocycles. The summed E-state index contributed by atoms with van der Waals surface area (Å²) in [6.07, 6.45) is 0. The van der Waals surface area contributed by atoms with E-state index < -0.39 is 40.5 Å². The lowest BCUT2D eigenvalue weighted by Crippen LogP contribution is -2.04. The Morgan fingerprint density at radius 3 is 2.04 bits per heavy atom. The fraction of sp³-hybridized carbons (Fsp3) is 0. The second-order valence-electron chi connectivity index (χ2n) is 4.32. The number of hydrazone groups is 1. The summed E-state index contributed by atoms with van der Waals surface area (Å²) in [6, 6.07) is 7.97.